The summed E-state index contributed by atoms with van der Waals surface area (Å²) in [4.78, 5) is 17.2. The van der Waals surface area contributed by atoms with Crippen LogP contribution >= 0.6 is 11.6 Å². The van der Waals surface area contributed by atoms with Gasteiger partial charge in [-0.25, -0.2) is 9.97 Å². The summed E-state index contributed by atoms with van der Waals surface area (Å²) in [5, 5.41) is 2.59. The molecule has 0 radical (unpaired) electrons. The molecule has 1 unspecified atom stereocenters. The van der Waals surface area contributed by atoms with E-state index < -0.39 is 5.50 Å². The lowest BCUT2D eigenvalue weighted by Crippen LogP contribution is -1.87. The SMILES string of the molecule is O=NC(Cl)c1cncnc1. The summed E-state index contributed by atoms with van der Waals surface area (Å²) in [6.07, 6.45) is 4.26. The first-order chi connectivity index (χ1) is 4.84. The Hall–Kier alpha value is -1.03. The molecular weight excluding hydrogens is 154 g/mol. The van der Waals surface area contributed by atoms with E-state index >= 15 is 0 Å². The van der Waals surface area contributed by atoms with Crippen molar-refractivity contribution in [2.75, 3.05) is 0 Å². The minimum absolute atomic E-state index is 0.513. The Bertz CT molecular complexity index is 215. The summed E-state index contributed by atoms with van der Waals surface area (Å²) >= 11 is 5.43. The van der Waals surface area contributed by atoms with Crippen LogP contribution in [-0.4, -0.2) is 9.97 Å². The van der Waals surface area contributed by atoms with Gasteiger partial charge >= 0.3 is 0 Å². The summed E-state index contributed by atoms with van der Waals surface area (Å²) in [5.74, 6) is 0. The fraction of sp³-hybridized carbons (Fsp3) is 0.200. The van der Waals surface area contributed by atoms with E-state index in [-0.39, 0.29) is 0 Å². The Balaban J connectivity index is 2.84. The number of rotatable bonds is 2. The van der Waals surface area contributed by atoms with E-state index in [0.29, 0.717) is 5.56 Å². The van der Waals surface area contributed by atoms with Gasteiger partial charge in [0.15, 0.2) is 5.50 Å². The van der Waals surface area contributed by atoms with E-state index in [9.17, 15) is 4.91 Å². The molecule has 0 amide bonds. The quantitative estimate of drug-likeness (QED) is 0.371. The van der Waals surface area contributed by atoms with Gasteiger partial charge in [0.05, 0.1) is 0 Å². The second kappa shape index (κ2) is 3.22. The molecule has 0 N–H and O–H groups in total. The highest BCUT2D eigenvalue weighted by Gasteiger charge is 2.05. The molecule has 1 rings (SSSR count). The Kier molecular flexibility index (Phi) is 2.28. The van der Waals surface area contributed by atoms with E-state index in [2.05, 4.69) is 15.1 Å². The van der Waals surface area contributed by atoms with Gasteiger partial charge in [0.2, 0.25) is 0 Å². The highest BCUT2D eigenvalue weighted by molar-refractivity contribution is 6.20. The number of hydrogen-bond acceptors (Lipinski definition) is 4. The normalized spacial score (nSPS) is 12.5. The summed E-state index contributed by atoms with van der Waals surface area (Å²) < 4.78 is 0. The predicted molar refractivity (Wildman–Crippen MR) is 36.4 cm³/mol. The van der Waals surface area contributed by atoms with E-state index in [1.165, 1.54) is 18.7 Å². The van der Waals surface area contributed by atoms with E-state index in [1.54, 1.807) is 0 Å². The molecule has 0 aromatic carbocycles. The fourth-order valence-electron chi connectivity index (χ4n) is 0.494. The third-order valence-corrected chi connectivity index (χ3v) is 1.28. The molecule has 1 aromatic heterocycles. The number of nitroso groups, excluding NO2 is 1. The van der Waals surface area contributed by atoms with Crippen LogP contribution in [-0.2, 0) is 0 Å². The van der Waals surface area contributed by atoms with Crippen LogP contribution in [0.3, 0.4) is 0 Å². The van der Waals surface area contributed by atoms with Crippen molar-refractivity contribution >= 4 is 11.6 Å². The summed E-state index contributed by atoms with van der Waals surface area (Å²) in [7, 11) is 0. The average Bonchev–Trinajstić information content (AvgIpc) is 2.05. The van der Waals surface area contributed by atoms with Crippen molar-refractivity contribution in [3.63, 3.8) is 0 Å². The summed E-state index contributed by atoms with van der Waals surface area (Å²) in [6.45, 7) is 0. The lowest BCUT2D eigenvalue weighted by atomic mass is 10.3. The number of nitrogens with zero attached hydrogens (tertiary/aromatic N) is 3. The second-order valence-electron chi connectivity index (χ2n) is 1.61. The molecule has 5 heteroatoms. The van der Waals surface area contributed by atoms with Crippen molar-refractivity contribution in [2.45, 2.75) is 5.50 Å². The number of alkyl halides is 1. The monoisotopic (exact) mass is 157 g/mol. The molecule has 0 bridgehead atoms. The maximum absolute atomic E-state index is 9.87. The minimum Gasteiger partial charge on any atom is -0.244 e. The Morgan fingerprint density at radius 2 is 2.10 bits per heavy atom. The van der Waals surface area contributed by atoms with Crippen LogP contribution in [0.5, 0.6) is 0 Å². The van der Waals surface area contributed by atoms with Gasteiger partial charge in [0.25, 0.3) is 0 Å². The van der Waals surface area contributed by atoms with Crippen LogP contribution in [0.1, 0.15) is 11.1 Å². The van der Waals surface area contributed by atoms with Gasteiger partial charge in [0.1, 0.15) is 6.33 Å². The zero-order valence-corrected chi connectivity index (χ0v) is 5.69. The molecule has 0 spiro atoms. The number of aromatic nitrogens is 2. The third-order valence-electron chi connectivity index (χ3n) is 0.948. The van der Waals surface area contributed by atoms with Crippen molar-refractivity contribution in [3.05, 3.63) is 29.2 Å². The zero-order chi connectivity index (χ0) is 7.40. The predicted octanol–water partition coefficient (Wildman–Crippen LogP) is 1.48. The Morgan fingerprint density at radius 3 is 2.60 bits per heavy atom. The van der Waals surface area contributed by atoms with Gasteiger partial charge < -0.3 is 0 Å². The first kappa shape index (κ1) is 7.08. The molecule has 1 aromatic rings. The molecule has 0 aliphatic carbocycles. The largest absolute Gasteiger partial charge is 0.244 e. The number of halogens is 1. The maximum atomic E-state index is 9.87. The van der Waals surface area contributed by atoms with Crippen molar-refractivity contribution < 1.29 is 0 Å². The van der Waals surface area contributed by atoms with Gasteiger partial charge in [-0.2, -0.15) is 0 Å². The second-order valence-corrected chi connectivity index (χ2v) is 2.03. The van der Waals surface area contributed by atoms with Crippen molar-refractivity contribution in [3.8, 4) is 0 Å². The van der Waals surface area contributed by atoms with Crippen LogP contribution in [0.2, 0.25) is 0 Å². The van der Waals surface area contributed by atoms with Crippen LogP contribution in [0.25, 0.3) is 0 Å². The van der Waals surface area contributed by atoms with E-state index in [1.807, 2.05) is 0 Å². The topological polar surface area (TPSA) is 55.2 Å². The van der Waals surface area contributed by atoms with Gasteiger partial charge in [-0.05, 0) is 5.18 Å². The molecule has 52 valence electrons. The van der Waals surface area contributed by atoms with Gasteiger partial charge in [-0.3, -0.25) is 0 Å². The molecule has 0 fully saturated rings. The van der Waals surface area contributed by atoms with Crippen molar-refractivity contribution in [2.24, 2.45) is 5.18 Å². The van der Waals surface area contributed by atoms with Gasteiger partial charge in [-0.15, -0.1) is 4.91 Å². The molecule has 1 heterocycles. The third kappa shape index (κ3) is 1.48. The van der Waals surface area contributed by atoms with Crippen LogP contribution < -0.4 is 0 Å². The Labute approximate surface area is 62.2 Å². The standard InChI is InChI=1S/C5H4ClN3O/c6-5(9-10)4-1-7-3-8-2-4/h1-3,5H. The average molecular weight is 158 g/mol. The van der Waals surface area contributed by atoms with Crippen LogP contribution in [0.4, 0.5) is 0 Å². The Morgan fingerprint density at radius 1 is 1.50 bits per heavy atom. The first-order valence-corrected chi connectivity index (χ1v) is 2.99. The molecule has 0 saturated heterocycles. The number of hydrogen-bond donors (Lipinski definition) is 0. The molecular formula is C5H4ClN3O. The lowest BCUT2D eigenvalue weighted by molar-refractivity contribution is 0.962. The van der Waals surface area contributed by atoms with Crippen molar-refractivity contribution in [1.82, 2.24) is 9.97 Å². The first-order valence-electron chi connectivity index (χ1n) is 2.56. The van der Waals surface area contributed by atoms with Crippen LogP contribution in [0.15, 0.2) is 23.9 Å². The van der Waals surface area contributed by atoms with Crippen molar-refractivity contribution in [1.29, 1.82) is 0 Å². The molecule has 4 nitrogen and oxygen atoms in total. The van der Waals surface area contributed by atoms with Crippen LogP contribution in [0, 0.1) is 4.91 Å². The summed E-state index contributed by atoms with van der Waals surface area (Å²) in [5.41, 5.74) is -0.361. The van der Waals surface area contributed by atoms with Gasteiger partial charge in [0, 0.05) is 18.0 Å². The molecule has 10 heavy (non-hydrogen) atoms. The smallest absolute Gasteiger partial charge is 0.193 e. The fourth-order valence-corrected chi connectivity index (χ4v) is 0.607. The summed E-state index contributed by atoms with van der Waals surface area (Å²) in [6, 6.07) is 0. The van der Waals surface area contributed by atoms with E-state index in [4.69, 9.17) is 11.6 Å². The van der Waals surface area contributed by atoms with E-state index in [0.717, 1.165) is 0 Å². The molecule has 1 atom stereocenters. The zero-order valence-electron chi connectivity index (χ0n) is 4.94. The highest BCUT2D eigenvalue weighted by atomic mass is 35.5. The van der Waals surface area contributed by atoms with Gasteiger partial charge in [-0.1, -0.05) is 11.6 Å². The maximum Gasteiger partial charge on any atom is 0.193 e. The molecule has 0 aliphatic heterocycles. The minimum atomic E-state index is -0.874. The lowest BCUT2D eigenvalue weighted by Gasteiger charge is -1.95. The highest BCUT2D eigenvalue weighted by Crippen LogP contribution is 2.18. The molecule has 0 aliphatic rings. The molecule has 0 saturated carbocycles.